The second kappa shape index (κ2) is 6.64. The summed E-state index contributed by atoms with van der Waals surface area (Å²) in [7, 11) is 0. The summed E-state index contributed by atoms with van der Waals surface area (Å²) < 4.78 is 5.22. The molecule has 1 heterocycles. The lowest BCUT2D eigenvalue weighted by Crippen LogP contribution is -2.36. The van der Waals surface area contributed by atoms with E-state index < -0.39 is 0 Å². The Morgan fingerprint density at radius 2 is 2.29 bits per heavy atom. The fourth-order valence-electron chi connectivity index (χ4n) is 2.37. The van der Waals surface area contributed by atoms with Gasteiger partial charge in [-0.25, -0.2) is 0 Å². The summed E-state index contributed by atoms with van der Waals surface area (Å²) in [4.78, 5) is 14.0. The number of amides is 1. The highest BCUT2D eigenvalue weighted by molar-refractivity contribution is 6.32. The van der Waals surface area contributed by atoms with Crippen molar-refractivity contribution in [1.29, 1.82) is 5.26 Å². The van der Waals surface area contributed by atoms with Crippen LogP contribution in [0.25, 0.3) is 5.70 Å². The van der Waals surface area contributed by atoms with Crippen LogP contribution in [0.3, 0.4) is 0 Å². The zero-order valence-corrected chi connectivity index (χ0v) is 12.9. The minimum Gasteiger partial charge on any atom is -0.479 e. The summed E-state index contributed by atoms with van der Waals surface area (Å²) in [5.41, 5.74) is 1.65. The van der Waals surface area contributed by atoms with Gasteiger partial charge in [-0.05, 0) is 31.5 Å². The van der Waals surface area contributed by atoms with Gasteiger partial charge < -0.3 is 9.64 Å². The van der Waals surface area contributed by atoms with Gasteiger partial charge >= 0.3 is 0 Å². The zero-order chi connectivity index (χ0) is 15.4. The first-order valence-electron chi connectivity index (χ1n) is 6.89. The SMILES string of the molecule is CCN1C(=O)C(C)CC=C1c1ccc(OCC#N)cc1Cl. The van der Waals surface area contributed by atoms with Crippen molar-refractivity contribution < 1.29 is 9.53 Å². The van der Waals surface area contributed by atoms with Crippen LogP contribution in [0.4, 0.5) is 0 Å². The second-order valence-electron chi connectivity index (χ2n) is 4.90. The van der Waals surface area contributed by atoms with E-state index in [1.54, 1.807) is 17.0 Å². The van der Waals surface area contributed by atoms with Crippen molar-refractivity contribution in [2.75, 3.05) is 13.2 Å². The average Bonchev–Trinajstić information content (AvgIpc) is 2.48. The lowest BCUT2D eigenvalue weighted by Gasteiger charge is -2.31. The van der Waals surface area contributed by atoms with Gasteiger partial charge in [0, 0.05) is 23.7 Å². The molecule has 0 aliphatic carbocycles. The Kier molecular flexibility index (Phi) is 4.87. The van der Waals surface area contributed by atoms with Crippen molar-refractivity contribution in [2.45, 2.75) is 20.3 Å². The van der Waals surface area contributed by atoms with E-state index in [1.807, 2.05) is 32.1 Å². The van der Waals surface area contributed by atoms with Gasteiger partial charge in [-0.1, -0.05) is 24.6 Å². The summed E-state index contributed by atoms with van der Waals surface area (Å²) in [5, 5.41) is 9.03. The molecule has 4 nitrogen and oxygen atoms in total. The van der Waals surface area contributed by atoms with Gasteiger partial charge in [0.05, 0.1) is 5.02 Å². The van der Waals surface area contributed by atoms with E-state index in [2.05, 4.69) is 0 Å². The molecule has 21 heavy (non-hydrogen) atoms. The molecule has 0 radical (unpaired) electrons. The molecule has 110 valence electrons. The summed E-state index contributed by atoms with van der Waals surface area (Å²) >= 11 is 6.31. The number of nitrogens with zero attached hydrogens (tertiary/aromatic N) is 2. The summed E-state index contributed by atoms with van der Waals surface area (Å²) in [6.07, 6.45) is 2.76. The van der Waals surface area contributed by atoms with Gasteiger partial charge in [-0.3, -0.25) is 4.79 Å². The number of hydrogen-bond acceptors (Lipinski definition) is 3. The highest BCUT2D eigenvalue weighted by Gasteiger charge is 2.27. The molecule has 1 unspecified atom stereocenters. The van der Waals surface area contributed by atoms with Crippen molar-refractivity contribution in [3.8, 4) is 11.8 Å². The highest BCUT2D eigenvalue weighted by Crippen LogP contribution is 2.34. The zero-order valence-electron chi connectivity index (χ0n) is 12.1. The Bertz CT molecular complexity index is 619. The van der Waals surface area contributed by atoms with Crippen LogP contribution >= 0.6 is 11.6 Å². The third kappa shape index (κ3) is 3.20. The molecule has 0 fully saturated rings. The van der Waals surface area contributed by atoms with Crippen molar-refractivity contribution in [3.63, 3.8) is 0 Å². The number of ether oxygens (including phenoxy) is 1. The van der Waals surface area contributed by atoms with Crippen molar-refractivity contribution >= 4 is 23.2 Å². The van der Waals surface area contributed by atoms with Crippen LogP contribution in [0.15, 0.2) is 24.3 Å². The number of allylic oxidation sites excluding steroid dienone is 1. The Morgan fingerprint density at radius 3 is 2.90 bits per heavy atom. The first-order valence-corrected chi connectivity index (χ1v) is 7.27. The topological polar surface area (TPSA) is 53.3 Å². The number of carbonyl (C=O) groups is 1. The van der Waals surface area contributed by atoms with Gasteiger partial charge in [-0.2, -0.15) is 5.26 Å². The third-order valence-corrected chi connectivity index (χ3v) is 3.79. The molecule has 0 spiro atoms. The third-order valence-electron chi connectivity index (χ3n) is 3.48. The molecule has 5 heteroatoms. The highest BCUT2D eigenvalue weighted by atomic mass is 35.5. The van der Waals surface area contributed by atoms with E-state index in [-0.39, 0.29) is 18.4 Å². The smallest absolute Gasteiger partial charge is 0.230 e. The number of carbonyl (C=O) groups excluding carboxylic acids is 1. The van der Waals surface area contributed by atoms with Gasteiger partial charge in [-0.15, -0.1) is 0 Å². The monoisotopic (exact) mass is 304 g/mol. The predicted octanol–water partition coefficient (Wildman–Crippen LogP) is 3.47. The van der Waals surface area contributed by atoms with Crippen LogP contribution < -0.4 is 4.74 Å². The molecule has 0 N–H and O–H groups in total. The Balaban J connectivity index is 2.33. The van der Waals surface area contributed by atoms with Crippen LogP contribution in [0.1, 0.15) is 25.8 Å². The minimum absolute atomic E-state index is 0.00529. The molecule has 2 rings (SSSR count). The quantitative estimate of drug-likeness (QED) is 0.856. The van der Waals surface area contributed by atoms with Crippen molar-refractivity contribution in [3.05, 3.63) is 34.9 Å². The summed E-state index contributed by atoms with van der Waals surface area (Å²) in [5.74, 6) is 0.672. The maximum Gasteiger partial charge on any atom is 0.230 e. The molecule has 0 bridgehead atoms. The largest absolute Gasteiger partial charge is 0.479 e. The number of rotatable bonds is 4. The van der Waals surface area contributed by atoms with Crippen LogP contribution in [0.2, 0.25) is 5.02 Å². The summed E-state index contributed by atoms with van der Waals surface area (Å²) in [6.45, 7) is 4.47. The molecular weight excluding hydrogens is 288 g/mol. The van der Waals surface area contributed by atoms with Crippen LogP contribution in [-0.4, -0.2) is 24.0 Å². The molecule has 0 saturated carbocycles. The average molecular weight is 305 g/mol. The molecule has 1 aliphatic rings. The fraction of sp³-hybridized carbons (Fsp3) is 0.375. The lowest BCUT2D eigenvalue weighted by molar-refractivity contribution is -0.131. The van der Waals surface area contributed by atoms with Crippen LogP contribution in [0.5, 0.6) is 5.75 Å². The molecular formula is C16H17ClN2O2. The second-order valence-corrected chi connectivity index (χ2v) is 5.30. The molecule has 1 aromatic carbocycles. The molecule has 1 aliphatic heterocycles. The van der Waals surface area contributed by atoms with E-state index in [1.165, 1.54) is 0 Å². The van der Waals surface area contributed by atoms with E-state index in [9.17, 15) is 4.79 Å². The van der Waals surface area contributed by atoms with E-state index in [4.69, 9.17) is 21.6 Å². The van der Waals surface area contributed by atoms with Crippen molar-refractivity contribution in [2.24, 2.45) is 5.92 Å². The molecule has 1 atom stereocenters. The van der Waals surface area contributed by atoms with E-state index >= 15 is 0 Å². The maximum absolute atomic E-state index is 12.2. The molecule has 0 aromatic heterocycles. The summed E-state index contributed by atoms with van der Waals surface area (Å²) in [6, 6.07) is 7.17. The standard InChI is InChI=1S/C16H17ClN2O2/c1-3-19-15(7-4-11(2)16(19)20)13-6-5-12(10-14(13)17)21-9-8-18/h5-7,10-11H,3-4,9H2,1-2H3. The molecule has 1 amide bonds. The van der Waals surface area contributed by atoms with Gasteiger partial charge in [0.1, 0.15) is 11.8 Å². The van der Waals surface area contributed by atoms with Crippen LogP contribution in [-0.2, 0) is 4.79 Å². The number of nitriles is 1. The lowest BCUT2D eigenvalue weighted by atomic mass is 9.97. The first kappa shape index (κ1) is 15.4. The maximum atomic E-state index is 12.2. The minimum atomic E-state index is -0.0184. The van der Waals surface area contributed by atoms with Gasteiger partial charge in [0.15, 0.2) is 6.61 Å². The van der Waals surface area contributed by atoms with Crippen molar-refractivity contribution in [1.82, 2.24) is 4.90 Å². The Morgan fingerprint density at radius 1 is 1.52 bits per heavy atom. The van der Waals surface area contributed by atoms with Gasteiger partial charge in [0.2, 0.25) is 5.91 Å². The van der Waals surface area contributed by atoms with E-state index in [0.29, 0.717) is 23.7 Å². The normalized spacial score (nSPS) is 18.2. The molecule has 0 saturated heterocycles. The predicted molar refractivity (Wildman–Crippen MR) is 81.7 cm³/mol. The van der Waals surface area contributed by atoms with Gasteiger partial charge in [0.25, 0.3) is 0 Å². The fourth-order valence-corrected chi connectivity index (χ4v) is 2.64. The van der Waals surface area contributed by atoms with E-state index in [0.717, 1.165) is 11.3 Å². The first-order chi connectivity index (χ1) is 10.1. The Hall–Kier alpha value is -1.99. The van der Waals surface area contributed by atoms with Crippen LogP contribution in [0, 0.1) is 17.2 Å². The molecule has 1 aromatic rings. The number of benzene rings is 1. The Labute approximate surface area is 129 Å². The number of halogens is 1. The number of hydrogen-bond donors (Lipinski definition) is 0.